The molecule has 0 saturated carbocycles. The van der Waals surface area contributed by atoms with Gasteiger partial charge in [0.15, 0.2) is 6.61 Å². The zero-order valence-electron chi connectivity index (χ0n) is 10.8. The van der Waals surface area contributed by atoms with Crippen LogP contribution in [0.1, 0.15) is 29.3 Å². The minimum absolute atomic E-state index is 0.302. The van der Waals surface area contributed by atoms with Gasteiger partial charge in [0.2, 0.25) is 5.89 Å². The van der Waals surface area contributed by atoms with Crippen molar-refractivity contribution in [2.24, 2.45) is 5.73 Å². The third-order valence-corrected chi connectivity index (χ3v) is 3.30. The molecule has 0 fully saturated rings. The Morgan fingerprint density at radius 3 is 2.89 bits per heavy atom. The van der Waals surface area contributed by atoms with E-state index in [0.717, 1.165) is 12.2 Å². The van der Waals surface area contributed by atoms with Crippen molar-refractivity contribution in [3.05, 3.63) is 41.1 Å². The van der Waals surface area contributed by atoms with Crippen molar-refractivity contribution in [2.45, 2.75) is 32.3 Å². The van der Waals surface area contributed by atoms with E-state index in [1.807, 2.05) is 6.07 Å². The Morgan fingerprint density at radius 1 is 1.16 bits per heavy atom. The zero-order valence-corrected chi connectivity index (χ0v) is 10.8. The molecule has 0 radical (unpaired) electrons. The molecule has 2 N–H and O–H groups in total. The van der Waals surface area contributed by atoms with Crippen LogP contribution >= 0.6 is 0 Å². The molecule has 2 aromatic rings. The number of nitrogens with two attached hydrogens (primary N) is 1. The highest BCUT2D eigenvalue weighted by atomic mass is 16.5. The van der Waals surface area contributed by atoms with E-state index in [1.165, 1.54) is 24.0 Å². The van der Waals surface area contributed by atoms with Gasteiger partial charge < -0.3 is 14.9 Å². The minimum Gasteiger partial charge on any atom is -0.484 e. The Labute approximate surface area is 111 Å². The maximum absolute atomic E-state index is 5.68. The molecule has 1 heterocycles. The number of hydrogen-bond donors (Lipinski definition) is 1. The summed E-state index contributed by atoms with van der Waals surface area (Å²) >= 11 is 0. The lowest BCUT2D eigenvalue weighted by atomic mass is 10.1. The molecule has 1 aromatic carbocycles. The number of fused-ring (bicyclic) bond motifs is 1. The Balaban J connectivity index is 1.62. The van der Waals surface area contributed by atoms with Crippen molar-refractivity contribution in [1.82, 2.24) is 10.2 Å². The van der Waals surface area contributed by atoms with E-state index in [4.69, 9.17) is 14.9 Å². The van der Waals surface area contributed by atoms with Crippen LogP contribution in [0.2, 0.25) is 0 Å². The van der Waals surface area contributed by atoms with Crippen molar-refractivity contribution in [3.63, 3.8) is 0 Å². The monoisotopic (exact) mass is 259 g/mol. The molecule has 3 rings (SSSR count). The molecule has 0 saturated heterocycles. The predicted molar refractivity (Wildman–Crippen MR) is 69.9 cm³/mol. The van der Waals surface area contributed by atoms with Crippen molar-refractivity contribution in [2.75, 3.05) is 6.54 Å². The molecule has 0 unspecified atom stereocenters. The second-order valence-corrected chi connectivity index (χ2v) is 4.70. The summed E-state index contributed by atoms with van der Waals surface area (Å²) in [6.07, 6.45) is 4.17. The Kier molecular flexibility index (Phi) is 3.46. The SMILES string of the molecule is NCCc1nnc(COc2ccc3c(c2)CCC3)o1. The van der Waals surface area contributed by atoms with E-state index < -0.39 is 0 Å². The van der Waals surface area contributed by atoms with Crippen molar-refractivity contribution >= 4 is 0 Å². The van der Waals surface area contributed by atoms with Crippen LogP contribution in [-0.4, -0.2) is 16.7 Å². The Bertz CT molecular complexity index is 566. The summed E-state index contributed by atoms with van der Waals surface area (Å²) in [5.41, 5.74) is 8.26. The highest BCUT2D eigenvalue weighted by Gasteiger charge is 2.12. The summed E-state index contributed by atoms with van der Waals surface area (Å²) in [7, 11) is 0. The van der Waals surface area contributed by atoms with E-state index in [1.54, 1.807) is 0 Å². The number of hydrogen-bond acceptors (Lipinski definition) is 5. The van der Waals surface area contributed by atoms with Gasteiger partial charge >= 0.3 is 0 Å². The van der Waals surface area contributed by atoms with Crippen LogP contribution in [-0.2, 0) is 25.9 Å². The maximum atomic E-state index is 5.68. The zero-order chi connectivity index (χ0) is 13.1. The lowest BCUT2D eigenvalue weighted by Gasteiger charge is -2.05. The number of nitrogens with zero attached hydrogens (tertiary/aromatic N) is 2. The molecule has 0 amide bonds. The topological polar surface area (TPSA) is 74.2 Å². The summed E-state index contributed by atoms with van der Waals surface area (Å²) < 4.78 is 11.1. The van der Waals surface area contributed by atoms with E-state index in [2.05, 4.69) is 22.3 Å². The van der Waals surface area contributed by atoms with Gasteiger partial charge in [-0.3, -0.25) is 0 Å². The normalized spacial score (nSPS) is 13.5. The average Bonchev–Trinajstić information content (AvgIpc) is 3.04. The van der Waals surface area contributed by atoms with E-state index in [9.17, 15) is 0 Å². The van der Waals surface area contributed by atoms with Gasteiger partial charge in [0, 0.05) is 13.0 Å². The van der Waals surface area contributed by atoms with Crippen LogP contribution in [0.4, 0.5) is 0 Å². The second-order valence-electron chi connectivity index (χ2n) is 4.70. The highest BCUT2D eigenvalue weighted by Crippen LogP contribution is 2.26. The molecular formula is C14H17N3O2. The molecule has 100 valence electrons. The lowest BCUT2D eigenvalue weighted by Crippen LogP contribution is -2.02. The summed E-state index contributed by atoms with van der Waals surface area (Å²) in [6, 6.07) is 6.26. The fraction of sp³-hybridized carbons (Fsp3) is 0.429. The highest BCUT2D eigenvalue weighted by molar-refractivity contribution is 5.38. The smallest absolute Gasteiger partial charge is 0.253 e. The largest absolute Gasteiger partial charge is 0.484 e. The standard InChI is InChI=1S/C14H17N3O2/c15-7-6-13-16-17-14(19-13)9-18-12-5-4-10-2-1-3-11(10)8-12/h4-5,8H,1-3,6-7,9,15H2. The molecule has 0 aliphatic heterocycles. The Hall–Kier alpha value is -1.88. The quantitative estimate of drug-likeness (QED) is 0.883. The minimum atomic E-state index is 0.302. The number of benzene rings is 1. The predicted octanol–water partition coefficient (Wildman–Crippen LogP) is 1.64. The molecule has 0 spiro atoms. The second kappa shape index (κ2) is 5.40. The van der Waals surface area contributed by atoms with Gasteiger partial charge in [0.25, 0.3) is 5.89 Å². The lowest BCUT2D eigenvalue weighted by molar-refractivity contribution is 0.259. The molecular weight excluding hydrogens is 242 g/mol. The van der Waals surface area contributed by atoms with Crippen molar-refractivity contribution < 1.29 is 9.15 Å². The Morgan fingerprint density at radius 2 is 2.00 bits per heavy atom. The number of aryl methyl sites for hydroxylation is 2. The van der Waals surface area contributed by atoms with Crippen LogP contribution in [0.3, 0.4) is 0 Å². The first-order valence-corrected chi connectivity index (χ1v) is 6.61. The third kappa shape index (κ3) is 2.76. The molecule has 19 heavy (non-hydrogen) atoms. The number of rotatable bonds is 5. The molecule has 0 atom stereocenters. The summed E-state index contributed by atoms with van der Waals surface area (Å²) in [6.45, 7) is 0.809. The number of aromatic nitrogens is 2. The van der Waals surface area contributed by atoms with Gasteiger partial charge in [-0.1, -0.05) is 6.07 Å². The maximum Gasteiger partial charge on any atom is 0.253 e. The van der Waals surface area contributed by atoms with Gasteiger partial charge in [-0.25, -0.2) is 0 Å². The first-order valence-electron chi connectivity index (χ1n) is 6.61. The van der Waals surface area contributed by atoms with E-state index in [-0.39, 0.29) is 0 Å². The third-order valence-electron chi connectivity index (χ3n) is 3.30. The van der Waals surface area contributed by atoms with Crippen LogP contribution in [0, 0.1) is 0 Å². The molecule has 0 bridgehead atoms. The summed E-state index contributed by atoms with van der Waals surface area (Å²) in [5, 5.41) is 7.82. The van der Waals surface area contributed by atoms with Gasteiger partial charge in [-0.2, -0.15) is 0 Å². The van der Waals surface area contributed by atoms with Crippen molar-refractivity contribution in [3.8, 4) is 5.75 Å². The first-order chi connectivity index (χ1) is 9.35. The van der Waals surface area contributed by atoms with E-state index in [0.29, 0.717) is 31.4 Å². The van der Waals surface area contributed by atoms with E-state index >= 15 is 0 Å². The van der Waals surface area contributed by atoms with Crippen LogP contribution in [0.5, 0.6) is 5.75 Å². The first kappa shape index (κ1) is 12.2. The summed E-state index contributed by atoms with van der Waals surface area (Å²) in [5.74, 6) is 1.92. The van der Waals surface area contributed by atoms with Gasteiger partial charge in [-0.05, 0) is 42.5 Å². The van der Waals surface area contributed by atoms with Crippen LogP contribution in [0.15, 0.2) is 22.6 Å². The van der Waals surface area contributed by atoms with Gasteiger partial charge in [-0.15, -0.1) is 10.2 Å². The van der Waals surface area contributed by atoms with Gasteiger partial charge in [0.05, 0.1) is 0 Å². The molecule has 1 aliphatic carbocycles. The molecule has 5 nitrogen and oxygen atoms in total. The fourth-order valence-electron chi connectivity index (χ4n) is 2.35. The molecule has 1 aliphatic rings. The molecule has 1 aromatic heterocycles. The number of ether oxygens (including phenoxy) is 1. The van der Waals surface area contributed by atoms with Gasteiger partial charge in [0.1, 0.15) is 5.75 Å². The fourth-order valence-corrected chi connectivity index (χ4v) is 2.35. The van der Waals surface area contributed by atoms with Crippen LogP contribution in [0.25, 0.3) is 0 Å². The summed E-state index contributed by atoms with van der Waals surface area (Å²) in [4.78, 5) is 0. The molecule has 5 heteroatoms. The van der Waals surface area contributed by atoms with Crippen molar-refractivity contribution in [1.29, 1.82) is 0 Å². The van der Waals surface area contributed by atoms with Crippen LogP contribution < -0.4 is 10.5 Å². The average molecular weight is 259 g/mol.